The van der Waals surface area contributed by atoms with Crippen LogP contribution in [0.1, 0.15) is 20.8 Å². The molecule has 2 aromatic rings. The van der Waals surface area contributed by atoms with Crippen LogP contribution in [0.15, 0.2) is 30.6 Å². The van der Waals surface area contributed by atoms with E-state index in [1.807, 2.05) is 49.6 Å². The lowest BCUT2D eigenvalue weighted by molar-refractivity contribution is -0.121. The van der Waals surface area contributed by atoms with Crippen LogP contribution in [0.2, 0.25) is 0 Å². The second kappa shape index (κ2) is 10.3. The maximum Gasteiger partial charge on any atom is 0.240 e. The van der Waals surface area contributed by atoms with Crippen LogP contribution < -0.4 is 5.32 Å². The topological polar surface area (TPSA) is 82.9 Å². The van der Waals surface area contributed by atoms with Crippen LogP contribution in [0.5, 0.6) is 0 Å². The van der Waals surface area contributed by atoms with Gasteiger partial charge in [-0.1, -0.05) is 12.1 Å². The SMILES string of the molecule is CC(C)(C)OCC(O)CN1CCN(CCNC(=O)Cn2cnc3ccccc32)CC1. The molecule has 8 heteroatoms. The zero-order valence-corrected chi connectivity index (χ0v) is 18.4. The Morgan fingerprint density at radius 1 is 1.20 bits per heavy atom. The van der Waals surface area contributed by atoms with E-state index in [0.29, 0.717) is 19.7 Å². The molecule has 0 aliphatic carbocycles. The van der Waals surface area contributed by atoms with E-state index in [1.54, 1.807) is 6.33 Å². The second-order valence-corrected chi connectivity index (χ2v) is 8.93. The predicted molar refractivity (Wildman–Crippen MR) is 117 cm³/mol. The maximum atomic E-state index is 12.3. The summed E-state index contributed by atoms with van der Waals surface area (Å²) in [5.74, 6) is -0.00115. The molecule has 1 aromatic carbocycles. The molecule has 2 heterocycles. The van der Waals surface area contributed by atoms with Crippen LogP contribution >= 0.6 is 0 Å². The summed E-state index contributed by atoms with van der Waals surface area (Å²) in [7, 11) is 0. The van der Waals surface area contributed by atoms with Crippen molar-refractivity contribution in [2.75, 3.05) is 52.4 Å². The fourth-order valence-corrected chi connectivity index (χ4v) is 3.59. The minimum absolute atomic E-state index is 0.00115. The molecule has 2 N–H and O–H groups in total. The molecular weight excluding hydrogens is 382 g/mol. The summed E-state index contributed by atoms with van der Waals surface area (Å²) in [6, 6.07) is 7.82. The van der Waals surface area contributed by atoms with Crippen LogP contribution in [0.4, 0.5) is 0 Å². The van der Waals surface area contributed by atoms with Gasteiger partial charge in [-0.05, 0) is 32.9 Å². The molecule has 1 atom stereocenters. The number of β-amino-alcohol motifs (C(OH)–C–C–N with tert-alkyl or cyclic N) is 1. The van der Waals surface area contributed by atoms with Gasteiger partial charge in [-0.25, -0.2) is 4.98 Å². The molecule has 3 rings (SSSR count). The number of aromatic nitrogens is 2. The Hall–Kier alpha value is -2.00. The smallest absolute Gasteiger partial charge is 0.240 e. The summed E-state index contributed by atoms with van der Waals surface area (Å²) in [6.07, 6.45) is 1.25. The van der Waals surface area contributed by atoms with Crippen molar-refractivity contribution in [3.63, 3.8) is 0 Å². The van der Waals surface area contributed by atoms with Crippen LogP contribution in [0, 0.1) is 0 Å². The number of rotatable bonds is 9. The van der Waals surface area contributed by atoms with Crippen molar-refractivity contribution in [3.8, 4) is 0 Å². The second-order valence-electron chi connectivity index (χ2n) is 8.93. The summed E-state index contributed by atoms with van der Waals surface area (Å²) >= 11 is 0. The normalized spacial score (nSPS) is 17.3. The Balaban J connectivity index is 1.30. The molecule has 0 bridgehead atoms. The fraction of sp³-hybridized carbons (Fsp3) is 0.636. The molecule has 1 saturated heterocycles. The number of imidazole rings is 1. The van der Waals surface area contributed by atoms with Gasteiger partial charge in [0.15, 0.2) is 0 Å². The monoisotopic (exact) mass is 417 g/mol. The quantitative estimate of drug-likeness (QED) is 0.632. The summed E-state index contributed by atoms with van der Waals surface area (Å²) in [5, 5.41) is 13.2. The number of para-hydroxylation sites is 2. The summed E-state index contributed by atoms with van der Waals surface area (Å²) < 4.78 is 7.53. The number of hydrogen-bond acceptors (Lipinski definition) is 6. The first-order valence-corrected chi connectivity index (χ1v) is 10.7. The summed E-state index contributed by atoms with van der Waals surface area (Å²) in [4.78, 5) is 21.2. The lowest BCUT2D eigenvalue weighted by Gasteiger charge is -2.35. The number of aliphatic hydroxyl groups excluding tert-OH is 1. The molecule has 0 radical (unpaired) electrons. The molecule has 8 nitrogen and oxygen atoms in total. The van der Waals surface area contributed by atoms with Gasteiger partial charge in [0.25, 0.3) is 0 Å². The molecule has 0 spiro atoms. The van der Waals surface area contributed by atoms with Crippen molar-refractivity contribution >= 4 is 16.9 Å². The van der Waals surface area contributed by atoms with Crippen molar-refractivity contribution in [1.29, 1.82) is 0 Å². The number of carbonyl (C=O) groups is 1. The van der Waals surface area contributed by atoms with E-state index >= 15 is 0 Å². The largest absolute Gasteiger partial charge is 0.389 e. The zero-order valence-electron chi connectivity index (χ0n) is 18.4. The molecular formula is C22H35N5O3. The number of amides is 1. The first-order valence-electron chi connectivity index (χ1n) is 10.7. The summed E-state index contributed by atoms with van der Waals surface area (Å²) in [6.45, 7) is 12.4. The minimum atomic E-state index is -0.464. The number of fused-ring (bicyclic) bond motifs is 1. The third-order valence-corrected chi connectivity index (χ3v) is 5.23. The molecule has 1 aliphatic rings. The number of hydrogen-bond donors (Lipinski definition) is 2. The molecule has 1 amide bonds. The van der Waals surface area contributed by atoms with E-state index in [4.69, 9.17) is 4.74 Å². The lowest BCUT2D eigenvalue weighted by atomic mass is 10.2. The number of nitrogens with one attached hydrogen (secondary N) is 1. The Bertz CT molecular complexity index is 808. The molecule has 1 unspecified atom stereocenters. The van der Waals surface area contributed by atoms with E-state index in [0.717, 1.165) is 43.8 Å². The van der Waals surface area contributed by atoms with Gasteiger partial charge in [0.2, 0.25) is 5.91 Å². The molecule has 1 fully saturated rings. The summed E-state index contributed by atoms with van der Waals surface area (Å²) in [5.41, 5.74) is 1.65. The molecule has 1 aromatic heterocycles. The molecule has 166 valence electrons. The van der Waals surface area contributed by atoms with Gasteiger partial charge in [-0.2, -0.15) is 0 Å². The van der Waals surface area contributed by atoms with Crippen LogP contribution in [-0.4, -0.2) is 94.5 Å². The van der Waals surface area contributed by atoms with Crippen LogP contribution in [-0.2, 0) is 16.1 Å². The van der Waals surface area contributed by atoms with Gasteiger partial charge in [0, 0.05) is 45.8 Å². The van der Waals surface area contributed by atoms with Gasteiger partial charge in [-0.3, -0.25) is 14.6 Å². The van der Waals surface area contributed by atoms with Gasteiger partial charge < -0.3 is 19.7 Å². The maximum absolute atomic E-state index is 12.3. The van der Waals surface area contributed by atoms with Crippen molar-refractivity contribution in [2.45, 2.75) is 39.0 Å². The van der Waals surface area contributed by atoms with Crippen LogP contribution in [0.25, 0.3) is 11.0 Å². The van der Waals surface area contributed by atoms with E-state index < -0.39 is 6.10 Å². The standard InChI is InChI=1S/C22H35N5O3/c1-22(2,3)30-16-18(28)14-26-12-10-25(11-13-26)9-8-23-21(29)15-27-17-24-19-6-4-5-7-20(19)27/h4-7,17-18,28H,8-16H2,1-3H3,(H,23,29). The number of nitrogens with zero attached hydrogens (tertiary/aromatic N) is 4. The third kappa shape index (κ3) is 7.05. The van der Waals surface area contributed by atoms with Gasteiger partial charge in [0.05, 0.1) is 35.7 Å². The first-order chi connectivity index (χ1) is 14.3. The minimum Gasteiger partial charge on any atom is -0.389 e. The van der Waals surface area contributed by atoms with Gasteiger partial charge >= 0.3 is 0 Å². The fourth-order valence-electron chi connectivity index (χ4n) is 3.59. The highest BCUT2D eigenvalue weighted by molar-refractivity contribution is 5.80. The molecule has 30 heavy (non-hydrogen) atoms. The van der Waals surface area contributed by atoms with Crippen molar-refractivity contribution in [2.24, 2.45) is 0 Å². The van der Waals surface area contributed by atoms with E-state index in [2.05, 4.69) is 20.1 Å². The first kappa shape index (κ1) is 22.7. The Morgan fingerprint density at radius 3 is 2.63 bits per heavy atom. The number of benzene rings is 1. The number of ether oxygens (including phenoxy) is 1. The number of carbonyl (C=O) groups excluding carboxylic acids is 1. The Morgan fingerprint density at radius 2 is 1.90 bits per heavy atom. The number of aliphatic hydroxyl groups is 1. The van der Waals surface area contributed by atoms with Crippen molar-refractivity contribution in [1.82, 2.24) is 24.7 Å². The van der Waals surface area contributed by atoms with E-state index in [1.165, 1.54) is 0 Å². The van der Waals surface area contributed by atoms with Crippen molar-refractivity contribution < 1.29 is 14.6 Å². The number of piperazine rings is 1. The van der Waals surface area contributed by atoms with Crippen LogP contribution in [0.3, 0.4) is 0 Å². The predicted octanol–water partition coefficient (Wildman–Crippen LogP) is 0.946. The highest BCUT2D eigenvalue weighted by Gasteiger charge is 2.20. The average molecular weight is 418 g/mol. The average Bonchev–Trinajstić information content (AvgIpc) is 3.10. The Kier molecular flexibility index (Phi) is 7.82. The highest BCUT2D eigenvalue weighted by Crippen LogP contribution is 2.11. The van der Waals surface area contributed by atoms with Gasteiger partial charge in [0.1, 0.15) is 6.54 Å². The molecule has 1 aliphatic heterocycles. The van der Waals surface area contributed by atoms with Gasteiger partial charge in [-0.15, -0.1) is 0 Å². The highest BCUT2D eigenvalue weighted by atomic mass is 16.5. The Labute approximate surface area is 178 Å². The van der Waals surface area contributed by atoms with E-state index in [9.17, 15) is 9.90 Å². The lowest BCUT2D eigenvalue weighted by Crippen LogP contribution is -2.50. The van der Waals surface area contributed by atoms with Crippen molar-refractivity contribution in [3.05, 3.63) is 30.6 Å². The molecule has 0 saturated carbocycles. The van der Waals surface area contributed by atoms with E-state index in [-0.39, 0.29) is 18.1 Å². The third-order valence-electron chi connectivity index (χ3n) is 5.23. The zero-order chi connectivity index (χ0) is 21.6.